The highest BCUT2D eigenvalue weighted by Gasteiger charge is 1.97. The second-order valence-electron chi connectivity index (χ2n) is 3.15. The number of hydrogen-bond acceptors (Lipinski definition) is 5. The lowest BCUT2D eigenvalue weighted by atomic mass is 10.3. The summed E-state index contributed by atoms with van der Waals surface area (Å²) in [6.07, 6.45) is 4.99. The van der Waals surface area contributed by atoms with E-state index >= 15 is 0 Å². The van der Waals surface area contributed by atoms with Gasteiger partial charge in [-0.1, -0.05) is 0 Å². The van der Waals surface area contributed by atoms with Gasteiger partial charge in [-0.05, 0) is 17.7 Å². The number of nitrogens with one attached hydrogen (secondary N) is 1. The van der Waals surface area contributed by atoms with Crippen molar-refractivity contribution < 1.29 is 4.74 Å². The van der Waals surface area contributed by atoms with E-state index in [-0.39, 0.29) is 0 Å². The fourth-order valence-electron chi connectivity index (χ4n) is 1.24. The van der Waals surface area contributed by atoms with Crippen molar-refractivity contribution in [1.82, 2.24) is 15.0 Å². The van der Waals surface area contributed by atoms with Crippen LogP contribution >= 0.6 is 0 Å². The van der Waals surface area contributed by atoms with Crippen LogP contribution < -0.4 is 10.1 Å². The standard InChI is InChI=1S/C11H12N4O/c1-16-11-6-10(14-8-15-11)13-7-9-2-4-12-5-3-9/h2-6,8H,7H2,1H3,(H,13,14,15). The minimum absolute atomic E-state index is 0.548. The zero-order valence-corrected chi connectivity index (χ0v) is 8.92. The van der Waals surface area contributed by atoms with E-state index in [0.717, 1.165) is 11.4 Å². The molecule has 0 aliphatic carbocycles. The van der Waals surface area contributed by atoms with E-state index in [0.29, 0.717) is 12.4 Å². The maximum absolute atomic E-state index is 5.01. The van der Waals surface area contributed by atoms with Gasteiger partial charge in [0, 0.05) is 25.0 Å². The Bertz CT molecular complexity index is 447. The quantitative estimate of drug-likeness (QED) is 0.839. The number of aromatic nitrogens is 3. The summed E-state index contributed by atoms with van der Waals surface area (Å²) in [6.45, 7) is 0.697. The summed E-state index contributed by atoms with van der Waals surface area (Å²) in [7, 11) is 1.58. The molecule has 2 rings (SSSR count). The van der Waals surface area contributed by atoms with Crippen molar-refractivity contribution in [3.63, 3.8) is 0 Å². The van der Waals surface area contributed by atoms with Gasteiger partial charge in [-0.3, -0.25) is 4.98 Å². The van der Waals surface area contributed by atoms with Gasteiger partial charge in [0.25, 0.3) is 0 Å². The van der Waals surface area contributed by atoms with Gasteiger partial charge in [-0.15, -0.1) is 0 Å². The Morgan fingerprint density at radius 2 is 2.06 bits per heavy atom. The van der Waals surface area contributed by atoms with E-state index in [9.17, 15) is 0 Å². The number of anilines is 1. The topological polar surface area (TPSA) is 59.9 Å². The zero-order chi connectivity index (χ0) is 11.2. The van der Waals surface area contributed by atoms with Crippen LogP contribution in [0.1, 0.15) is 5.56 Å². The molecule has 0 aliphatic rings. The van der Waals surface area contributed by atoms with Gasteiger partial charge in [0.1, 0.15) is 12.1 Å². The monoisotopic (exact) mass is 216 g/mol. The van der Waals surface area contributed by atoms with Crippen LogP contribution in [0.3, 0.4) is 0 Å². The van der Waals surface area contributed by atoms with Crippen LogP contribution in [-0.2, 0) is 6.54 Å². The average molecular weight is 216 g/mol. The van der Waals surface area contributed by atoms with Gasteiger partial charge in [0.2, 0.25) is 5.88 Å². The fraction of sp³-hybridized carbons (Fsp3) is 0.182. The van der Waals surface area contributed by atoms with Crippen LogP contribution in [0.2, 0.25) is 0 Å². The summed E-state index contributed by atoms with van der Waals surface area (Å²) >= 11 is 0. The first kappa shape index (κ1) is 10.4. The Kier molecular flexibility index (Phi) is 3.28. The molecule has 2 aromatic rings. The first-order chi connectivity index (χ1) is 7.88. The lowest BCUT2D eigenvalue weighted by molar-refractivity contribution is 0.397. The van der Waals surface area contributed by atoms with E-state index in [2.05, 4.69) is 20.3 Å². The third kappa shape index (κ3) is 2.66. The highest BCUT2D eigenvalue weighted by Crippen LogP contribution is 2.11. The highest BCUT2D eigenvalue weighted by atomic mass is 16.5. The van der Waals surface area contributed by atoms with Gasteiger partial charge in [0.05, 0.1) is 7.11 Å². The van der Waals surface area contributed by atoms with E-state index in [1.165, 1.54) is 6.33 Å². The van der Waals surface area contributed by atoms with E-state index in [1.807, 2.05) is 12.1 Å². The van der Waals surface area contributed by atoms with Crippen LogP contribution in [0.15, 0.2) is 36.9 Å². The third-order valence-corrected chi connectivity index (χ3v) is 2.07. The van der Waals surface area contributed by atoms with Gasteiger partial charge < -0.3 is 10.1 Å². The molecule has 5 heteroatoms. The number of rotatable bonds is 4. The van der Waals surface area contributed by atoms with Crippen LogP contribution in [0, 0.1) is 0 Å². The van der Waals surface area contributed by atoms with Crippen molar-refractivity contribution in [3.8, 4) is 5.88 Å². The van der Waals surface area contributed by atoms with Gasteiger partial charge in [-0.25, -0.2) is 9.97 Å². The smallest absolute Gasteiger partial charge is 0.218 e. The molecular formula is C11H12N4O. The molecule has 82 valence electrons. The largest absolute Gasteiger partial charge is 0.481 e. The van der Waals surface area contributed by atoms with E-state index < -0.39 is 0 Å². The Balaban J connectivity index is 1.99. The number of pyridine rings is 1. The summed E-state index contributed by atoms with van der Waals surface area (Å²) < 4.78 is 5.01. The first-order valence-corrected chi connectivity index (χ1v) is 4.87. The molecule has 0 unspecified atom stereocenters. The molecule has 1 N–H and O–H groups in total. The molecule has 2 heterocycles. The van der Waals surface area contributed by atoms with Crippen molar-refractivity contribution in [2.24, 2.45) is 0 Å². The van der Waals surface area contributed by atoms with Crippen molar-refractivity contribution in [1.29, 1.82) is 0 Å². The molecule has 0 saturated heterocycles. The first-order valence-electron chi connectivity index (χ1n) is 4.87. The number of methoxy groups -OCH3 is 1. The van der Waals surface area contributed by atoms with Gasteiger partial charge in [0.15, 0.2) is 0 Å². The average Bonchev–Trinajstić information content (AvgIpc) is 2.38. The molecule has 0 spiro atoms. The van der Waals surface area contributed by atoms with Crippen molar-refractivity contribution >= 4 is 5.82 Å². The Morgan fingerprint density at radius 3 is 2.81 bits per heavy atom. The maximum atomic E-state index is 5.01. The molecule has 0 fully saturated rings. The Labute approximate surface area is 93.5 Å². The zero-order valence-electron chi connectivity index (χ0n) is 8.92. The van der Waals surface area contributed by atoms with E-state index in [4.69, 9.17) is 4.74 Å². The Morgan fingerprint density at radius 1 is 1.25 bits per heavy atom. The summed E-state index contributed by atoms with van der Waals surface area (Å²) in [5.41, 5.74) is 1.15. The highest BCUT2D eigenvalue weighted by molar-refractivity contribution is 5.37. The third-order valence-electron chi connectivity index (χ3n) is 2.07. The van der Waals surface area contributed by atoms with Crippen LogP contribution in [0.4, 0.5) is 5.82 Å². The predicted octanol–water partition coefficient (Wildman–Crippen LogP) is 1.49. The number of hydrogen-bond donors (Lipinski definition) is 1. The molecule has 0 radical (unpaired) electrons. The minimum Gasteiger partial charge on any atom is -0.481 e. The molecular weight excluding hydrogens is 204 g/mol. The maximum Gasteiger partial charge on any atom is 0.218 e. The lowest BCUT2D eigenvalue weighted by Gasteiger charge is -2.05. The molecule has 0 amide bonds. The van der Waals surface area contributed by atoms with E-state index in [1.54, 1.807) is 25.6 Å². The molecule has 2 aromatic heterocycles. The molecule has 0 atom stereocenters. The molecule has 0 saturated carbocycles. The second kappa shape index (κ2) is 5.06. The summed E-state index contributed by atoms with van der Waals surface area (Å²) in [5, 5.41) is 3.18. The van der Waals surface area contributed by atoms with Crippen molar-refractivity contribution in [2.45, 2.75) is 6.54 Å². The lowest BCUT2D eigenvalue weighted by Crippen LogP contribution is -2.02. The van der Waals surface area contributed by atoms with Crippen LogP contribution in [0.25, 0.3) is 0 Å². The van der Waals surface area contributed by atoms with Crippen LogP contribution in [-0.4, -0.2) is 22.1 Å². The fourth-order valence-corrected chi connectivity index (χ4v) is 1.24. The van der Waals surface area contributed by atoms with Crippen molar-refractivity contribution in [2.75, 3.05) is 12.4 Å². The molecule has 5 nitrogen and oxygen atoms in total. The number of nitrogens with zero attached hydrogens (tertiary/aromatic N) is 3. The molecule has 0 aromatic carbocycles. The predicted molar refractivity (Wildman–Crippen MR) is 60.1 cm³/mol. The minimum atomic E-state index is 0.548. The summed E-state index contributed by atoms with van der Waals surface area (Å²) in [6, 6.07) is 5.65. The summed E-state index contributed by atoms with van der Waals surface area (Å²) in [5.74, 6) is 1.29. The van der Waals surface area contributed by atoms with Gasteiger partial charge >= 0.3 is 0 Å². The normalized spacial score (nSPS) is 9.81. The van der Waals surface area contributed by atoms with Crippen LogP contribution in [0.5, 0.6) is 5.88 Å². The second-order valence-corrected chi connectivity index (χ2v) is 3.15. The SMILES string of the molecule is COc1cc(NCc2ccncc2)ncn1. The number of ether oxygens (including phenoxy) is 1. The molecule has 0 bridgehead atoms. The Hall–Kier alpha value is -2.17. The van der Waals surface area contributed by atoms with Gasteiger partial charge in [-0.2, -0.15) is 0 Å². The molecule has 0 aliphatic heterocycles. The molecule has 16 heavy (non-hydrogen) atoms. The van der Waals surface area contributed by atoms with Crippen molar-refractivity contribution in [3.05, 3.63) is 42.5 Å². The summed E-state index contributed by atoms with van der Waals surface area (Å²) in [4.78, 5) is 12.0.